The van der Waals surface area contributed by atoms with Crippen LogP contribution in [0.4, 0.5) is 0 Å². The van der Waals surface area contributed by atoms with Gasteiger partial charge in [-0.15, -0.1) is 0 Å². The summed E-state index contributed by atoms with van der Waals surface area (Å²) in [6.07, 6.45) is 1.37. The minimum Gasteiger partial charge on any atom is -0.296 e. The first kappa shape index (κ1) is 7.81. The van der Waals surface area contributed by atoms with Crippen LogP contribution >= 0.6 is 0 Å². The van der Waals surface area contributed by atoms with Gasteiger partial charge in [-0.2, -0.15) is 0 Å². The maximum absolute atomic E-state index is 2.51. The smallest absolute Gasteiger partial charge is 0.0236 e. The van der Waals surface area contributed by atoms with E-state index in [-0.39, 0.29) is 0 Å². The van der Waals surface area contributed by atoms with Crippen LogP contribution in [0.3, 0.4) is 0 Å². The molecule has 1 aliphatic heterocycles. The van der Waals surface area contributed by atoms with Crippen LogP contribution in [0.2, 0.25) is 0 Å². The summed E-state index contributed by atoms with van der Waals surface area (Å²) in [7, 11) is 0. The average Bonchev–Trinajstić information content (AvgIpc) is 2.14. The van der Waals surface area contributed by atoms with Gasteiger partial charge in [0.25, 0.3) is 0 Å². The van der Waals surface area contributed by atoms with Crippen molar-refractivity contribution in [1.29, 1.82) is 0 Å². The summed E-state index contributed by atoms with van der Waals surface area (Å²) in [6, 6.07) is 11.5. The lowest BCUT2D eigenvalue weighted by atomic mass is 10.0. The van der Waals surface area contributed by atoms with Crippen molar-refractivity contribution in [1.82, 2.24) is 4.90 Å². The molecule has 1 saturated heterocycles. The Morgan fingerprint density at radius 1 is 1.33 bits per heavy atom. The molecule has 1 aromatic carbocycles. The second-order valence-corrected chi connectivity index (χ2v) is 3.59. The van der Waals surface area contributed by atoms with Gasteiger partial charge in [-0.1, -0.05) is 30.3 Å². The van der Waals surface area contributed by atoms with E-state index in [2.05, 4.69) is 42.2 Å². The van der Waals surface area contributed by atoms with Crippen molar-refractivity contribution in [2.45, 2.75) is 25.9 Å². The minimum atomic E-state index is 0.796. The highest BCUT2D eigenvalue weighted by atomic mass is 15.2. The van der Waals surface area contributed by atoms with Gasteiger partial charge in [0.15, 0.2) is 0 Å². The van der Waals surface area contributed by atoms with Crippen molar-refractivity contribution in [2.75, 3.05) is 6.54 Å². The number of likely N-dealkylation sites (tertiary alicyclic amines) is 1. The van der Waals surface area contributed by atoms with Crippen LogP contribution in [0.5, 0.6) is 0 Å². The van der Waals surface area contributed by atoms with Crippen LogP contribution in [0.25, 0.3) is 0 Å². The molecule has 0 unspecified atom stereocenters. The van der Waals surface area contributed by atoms with E-state index in [4.69, 9.17) is 0 Å². The van der Waals surface area contributed by atoms with Crippen LogP contribution in [0, 0.1) is 0 Å². The quantitative estimate of drug-likeness (QED) is 0.643. The first-order valence-corrected chi connectivity index (χ1v) is 4.64. The fourth-order valence-electron chi connectivity index (χ4n) is 1.62. The Morgan fingerprint density at radius 2 is 2.08 bits per heavy atom. The molecular formula is C11H15N. The highest BCUT2D eigenvalue weighted by Crippen LogP contribution is 2.19. The fourth-order valence-corrected chi connectivity index (χ4v) is 1.62. The SMILES string of the molecule is C[C@H]1CCN1Cc1ccccc1. The Hall–Kier alpha value is -0.820. The number of benzene rings is 1. The summed E-state index contributed by atoms with van der Waals surface area (Å²) in [6.45, 7) is 4.70. The van der Waals surface area contributed by atoms with Crippen LogP contribution < -0.4 is 0 Å². The lowest BCUT2D eigenvalue weighted by Crippen LogP contribution is -2.44. The Balaban J connectivity index is 1.95. The molecule has 0 aliphatic carbocycles. The van der Waals surface area contributed by atoms with Crippen molar-refractivity contribution >= 4 is 0 Å². The van der Waals surface area contributed by atoms with E-state index in [1.807, 2.05) is 0 Å². The summed E-state index contributed by atoms with van der Waals surface area (Å²) < 4.78 is 0. The molecule has 1 nitrogen and oxygen atoms in total. The number of hydrogen-bond acceptors (Lipinski definition) is 1. The monoisotopic (exact) mass is 161 g/mol. The van der Waals surface area contributed by atoms with E-state index in [1.165, 1.54) is 18.5 Å². The Bertz CT molecular complexity index is 242. The highest BCUT2D eigenvalue weighted by Gasteiger charge is 2.22. The van der Waals surface area contributed by atoms with E-state index in [9.17, 15) is 0 Å². The van der Waals surface area contributed by atoms with E-state index in [0.717, 1.165) is 12.6 Å². The summed E-state index contributed by atoms with van der Waals surface area (Å²) >= 11 is 0. The maximum Gasteiger partial charge on any atom is 0.0236 e. The largest absolute Gasteiger partial charge is 0.296 e. The molecule has 0 amide bonds. The maximum atomic E-state index is 2.51. The molecule has 0 spiro atoms. The summed E-state index contributed by atoms with van der Waals surface area (Å²) in [4.78, 5) is 2.51. The van der Waals surface area contributed by atoms with Crippen molar-refractivity contribution in [3.8, 4) is 0 Å². The number of nitrogens with zero attached hydrogens (tertiary/aromatic N) is 1. The molecule has 2 rings (SSSR count). The van der Waals surface area contributed by atoms with Gasteiger partial charge < -0.3 is 0 Å². The Labute approximate surface area is 74.0 Å². The zero-order valence-electron chi connectivity index (χ0n) is 7.53. The Morgan fingerprint density at radius 3 is 2.58 bits per heavy atom. The molecule has 0 radical (unpaired) electrons. The molecule has 1 heterocycles. The predicted molar refractivity (Wildman–Crippen MR) is 50.9 cm³/mol. The normalized spacial score (nSPS) is 23.6. The summed E-state index contributed by atoms with van der Waals surface area (Å²) in [5.74, 6) is 0. The summed E-state index contributed by atoms with van der Waals surface area (Å²) in [5.41, 5.74) is 1.43. The van der Waals surface area contributed by atoms with Crippen LogP contribution in [0.1, 0.15) is 18.9 Å². The van der Waals surface area contributed by atoms with Crippen molar-refractivity contribution in [2.24, 2.45) is 0 Å². The van der Waals surface area contributed by atoms with Gasteiger partial charge in [0.1, 0.15) is 0 Å². The van der Waals surface area contributed by atoms with Gasteiger partial charge in [0.2, 0.25) is 0 Å². The van der Waals surface area contributed by atoms with Crippen molar-refractivity contribution < 1.29 is 0 Å². The van der Waals surface area contributed by atoms with Crippen LogP contribution in [-0.4, -0.2) is 17.5 Å². The van der Waals surface area contributed by atoms with Crippen molar-refractivity contribution in [3.05, 3.63) is 35.9 Å². The third-order valence-electron chi connectivity index (χ3n) is 2.69. The van der Waals surface area contributed by atoms with E-state index >= 15 is 0 Å². The lowest BCUT2D eigenvalue weighted by molar-refractivity contribution is 0.0959. The van der Waals surface area contributed by atoms with Gasteiger partial charge in [-0.3, -0.25) is 4.90 Å². The van der Waals surface area contributed by atoms with E-state index in [1.54, 1.807) is 0 Å². The third-order valence-corrected chi connectivity index (χ3v) is 2.69. The van der Waals surface area contributed by atoms with Gasteiger partial charge >= 0.3 is 0 Å². The average molecular weight is 161 g/mol. The van der Waals surface area contributed by atoms with E-state index in [0.29, 0.717) is 0 Å². The molecule has 0 bridgehead atoms. The molecule has 12 heavy (non-hydrogen) atoms. The molecule has 0 saturated carbocycles. The second-order valence-electron chi connectivity index (χ2n) is 3.59. The van der Waals surface area contributed by atoms with E-state index < -0.39 is 0 Å². The second kappa shape index (κ2) is 3.28. The molecule has 0 aromatic heterocycles. The zero-order valence-corrected chi connectivity index (χ0v) is 7.53. The predicted octanol–water partition coefficient (Wildman–Crippen LogP) is 2.28. The van der Waals surface area contributed by atoms with Gasteiger partial charge in [-0.25, -0.2) is 0 Å². The first-order chi connectivity index (χ1) is 5.86. The molecule has 1 atom stereocenters. The Kier molecular flexibility index (Phi) is 2.13. The number of rotatable bonds is 2. The zero-order chi connectivity index (χ0) is 8.39. The van der Waals surface area contributed by atoms with Crippen LogP contribution in [-0.2, 0) is 6.54 Å². The minimum absolute atomic E-state index is 0.796. The molecule has 0 N–H and O–H groups in total. The van der Waals surface area contributed by atoms with Crippen LogP contribution in [0.15, 0.2) is 30.3 Å². The molecule has 1 aliphatic rings. The first-order valence-electron chi connectivity index (χ1n) is 4.64. The molecule has 1 heteroatoms. The molecular weight excluding hydrogens is 146 g/mol. The molecule has 1 fully saturated rings. The fraction of sp³-hybridized carbons (Fsp3) is 0.455. The summed E-state index contributed by atoms with van der Waals surface area (Å²) in [5, 5.41) is 0. The molecule has 64 valence electrons. The van der Waals surface area contributed by atoms with Gasteiger partial charge in [0.05, 0.1) is 0 Å². The molecule has 1 aromatic rings. The highest BCUT2D eigenvalue weighted by molar-refractivity contribution is 5.14. The van der Waals surface area contributed by atoms with Gasteiger partial charge in [0, 0.05) is 19.1 Å². The van der Waals surface area contributed by atoms with Gasteiger partial charge in [-0.05, 0) is 18.9 Å². The van der Waals surface area contributed by atoms with Crippen molar-refractivity contribution in [3.63, 3.8) is 0 Å². The standard InChI is InChI=1S/C11H15N/c1-10-7-8-12(10)9-11-5-3-2-4-6-11/h2-6,10H,7-9H2,1H3/t10-/m0/s1. The lowest BCUT2D eigenvalue weighted by Gasteiger charge is -2.38. The third kappa shape index (κ3) is 1.51. The number of hydrogen-bond donors (Lipinski definition) is 0. The topological polar surface area (TPSA) is 3.24 Å².